The first-order valence-corrected chi connectivity index (χ1v) is 8.75. The van der Waals surface area contributed by atoms with Gasteiger partial charge in [0, 0.05) is 19.3 Å². The molecule has 0 unspecified atom stereocenters. The van der Waals surface area contributed by atoms with Crippen molar-refractivity contribution in [1.29, 1.82) is 0 Å². The quantitative estimate of drug-likeness (QED) is 0.512. The smallest absolute Gasteiger partial charge is 0.306 e. The Morgan fingerprint density at radius 2 is 1.32 bits per heavy atom. The van der Waals surface area contributed by atoms with Gasteiger partial charge in [-0.15, -0.1) is 0 Å². The molecule has 1 aliphatic heterocycles. The topological polar surface area (TPSA) is 108 Å². The lowest BCUT2D eigenvalue weighted by atomic mass is 9.99. The molecule has 8 nitrogen and oxygen atoms in total. The summed E-state index contributed by atoms with van der Waals surface area (Å²) in [5.41, 5.74) is 0. The van der Waals surface area contributed by atoms with Gasteiger partial charge in [0.15, 0.2) is 24.6 Å². The fourth-order valence-electron chi connectivity index (χ4n) is 2.48. The Bertz CT molecular complexity index is 464. The first kappa shape index (κ1) is 21.4. The minimum absolute atomic E-state index is 0.127. The van der Waals surface area contributed by atoms with Crippen LogP contribution >= 0.6 is 0 Å². The van der Waals surface area contributed by atoms with Gasteiger partial charge in [-0.05, 0) is 19.8 Å². The van der Waals surface area contributed by atoms with Crippen molar-refractivity contribution in [3.05, 3.63) is 0 Å². The van der Waals surface area contributed by atoms with Crippen LogP contribution < -0.4 is 0 Å². The number of aliphatic hydroxyl groups is 1. The minimum Gasteiger partial charge on any atom is -0.455 e. The number of hydrogen-bond acceptors (Lipinski definition) is 8. The van der Waals surface area contributed by atoms with E-state index in [4.69, 9.17) is 18.9 Å². The van der Waals surface area contributed by atoms with Crippen molar-refractivity contribution in [1.82, 2.24) is 0 Å². The molecule has 0 amide bonds. The highest BCUT2D eigenvalue weighted by molar-refractivity contribution is 5.71. The van der Waals surface area contributed by atoms with Crippen LogP contribution in [0.15, 0.2) is 0 Å². The first-order valence-electron chi connectivity index (χ1n) is 8.75. The molecule has 0 radical (unpaired) electrons. The van der Waals surface area contributed by atoms with Gasteiger partial charge < -0.3 is 24.1 Å². The standard InChI is InChI=1S/C17H28O8/c1-5-8-12(19)24-15-14(23-11(18)7-3)10(4)22-17(21)16(15)25-13(20)9-6-2/h10,14-17,21H,5-9H2,1-4H3/t10-,14-,15+,16+,17-/m0/s1. The van der Waals surface area contributed by atoms with Gasteiger partial charge in [0.1, 0.15) is 0 Å². The molecule has 1 aliphatic rings. The second-order valence-electron chi connectivity index (χ2n) is 5.95. The SMILES string of the molecule is CCCC(=O)O[C@@H]1[C@@H](OC(=O)CC)[C@H](C)O[C@H](O)[C@@H]1OC(=O)CCC. The zero-order chi connectivity index (χ0) is 19.0. The molecule has 1 fully saturated rings. The van der Waals surface area contributed by atoms with Crippen LogP contribution in [0.2, 0.25) is 0 Å². The molecular formula is C17H28O8. The zero-order valence-corrected chi connectivity index (χ0v) is 15.2. The van der Waals surface area contributed by atoms with E-state index in [1.165, 1.54) is 0 Å². The number of carbonyl (C=O) groups is 3. The van der Waals surface area contributed by atoms with E-state index in [1.54, 1.807) is 13.8 Å². The summed E-state index contributed by atoms with van der Waals surface area (Å²) >= 11 is 0. The number of rotatable bonds is 8. The van der Waals surface area contributed by atoms with Gasteiger partial charge in [0.2, 0.25) is 0 Å². The van der Waals surface area contributed by atoms with Gasteiger partial charge >= 0.3 is 17.9 Å². The second kappa shape index (κ2) is 10.4. The summed E-state index contributed by atoms with van der Waals surface area (Å²) in [6, 6.07) is 0. The molecule has 0 spiro atoms. The van der Waals surface area contributed by atoms with Gasteiger partial charge in [-0.3, -0.25) is 14.4 Å². The minimum atomic E-state index is -1.48. The van der Waals surface area contributed by atoms with Gasteiger partial charge in [-0.2, -0.15) is 0 Å². The second-order valence-corrected chi connectivity index (χ2v) is 5.95. The van der Waals surface area contributed by atoms with Gasteiger partial charge in [-0.25, -0.2) is 0 Å². The van der Waals surface area contributed by atoms with Crippen LogP contribution in [0.4, 0.5) is 0 Å². The Morgan fingerprint density at radius 3 is 1.80 bits per heavy atom. The van der Waals surface area contributed by atoms with E-state index in [0.717, 1.165) is 0 Å². The number of carbonyl (C=O) groups excluding carboxylic acids is 3. The molecule has 1 N–H and O–H groups in total. The monoisotopic (exact) mass is 360 g/mol. The van der Waals surface area contributed by atoms with Crippen LogP contribution in [0.3, 0.4) is 0 Å². The summed E-state index contributed by atoms with van der Waals surface area (Å²) < 4.78 is 21.3. The van der Waals surface area contributed by atoms with Crippen molar-refractivity contribution >= 4 is 17.9 Å². The van der Waals surface area contributed by atoms with Gasteiger partial charge in [-0.1, -0.05) is 20.8 Å². The van der Waals surface area contributed by atoms with Crippen LogP contribution in [0.25, 0.3) is 0 Å². The number of ether oxygens (including phenoxy) is 4. The average molecular weight is 360 g/mol. The lowest BCUT2D eigenvalue weighted by molar-refractivity contribution is -0.289. The third kappa shape index (κ3) is 6.28. The van der Waals surface area contributed by atoms with E-state index in [9.17, 15) is 19.5 Å². The summed E-state index contributed by atoms with van der Waals surface area (Å²) in [5.74, 6) is -1.59. The molecule has 1 saturated heterocycles. The van der Waals surface area contributed by atoms with Crippen molar-refractivity contribution in [2.75, 3.05) is 0 Å². The summed E-state index contributed by atoms with van der Waals surface area (Å²) in [4.78, 5) is 35.5. The van der Waals surface area contributed by atoms with Crippen molar-refractivity contribution < 1.29 is 38.4 Å². The summed E-state index contributed by atoms with van der Waals surface area (Å²) in [6.45, 7) is 6.84. The Kier molecular flexibility index (Phi) is 8.85. The predicted octanol–water partition coefficient (Wildman–Crippen LogP) is 1.47. The number of hydrogen-bond donors (Lipinski definition) is 1. The van der Waals surface area contributed by atoms with E-state index < -0.39 is 48.6 Å². The normalized spacial score (nSPS) is 28.9. The molecule has 0 saturated carbocycles. The predicted molar refractivity (Wildman–Crippen MR) is 86.3 cm³/mol. The van der Waals surface area contributed by atoms with E-state index >= 15 is 0 Å². The molecule has 1 rings (SSSR count). The van der Waals surface area contributed by atoms with Crippen molar-refractivity contribution in [2.24, 2.45) is 0 Å². The van der Waals surface area contributed by atoms with Crippen LogP contribution in [0, 0.1) is 0 Å². The molecule has 0 bridgehead atoms. The van der Waals surface area contributed by atoms with Crippen molar-refractivity contribution in [3.8, 4) is 0 Å². The molecule has 144 valence electrons. The fraction of sp³-hybridized carbons (Fsp3) is 0.824. The van der Waals surface area contributed by atoms with Crippen LogP contribution in [-0.2, 0) is 33.3 Å². The zero-order valence-electron chi connectivity index (χ0n) is 15.2. The van der Waals surface area contributed by atoms with Gasteiger partial charge in [0.25, 0.3) is 0 Å². The van der Waals surface area contributed by atoms with E-state index in [1.807, 2.05) is 13.8 Å². The maximum absolute atomic E-state index is 12.0. The Balaban J connectivity index is 3.03. The number of aliphatic hydroxyl groups excluding tert-OH is 1. The summed E-state index contributed by atoms with van der Waals surface area (Å²) in [7, 11) is 0. The fourth-order valence-corrected chi connectivity index (χ4v) is 2.48. The maximum Gasteiger partial charge on any atom is 0.306 e. The molecule has 8 heteroatoms. The summed E-state index contributed by atoms with van der Waals surface area (Å²) in [6.07, 6.45) is -4.01. The molecule has 0 aromatic rings. The molecule has 5 atom stereocenters. The highest BCUT2D eigenvalue weighted by Crippen LogP contribution is 2.28. The van der Waals surface area contributed by atoms with E-state index in [0.29, 0.717) is 12.8 Å². The third-order valence-electron chi connectivity index (χ3n) is 3.74. The maximum atomic E-state index is 12.0. The third-order valence-corrected chi connectivity index (χ3v) is 3.74. The number of esters is 3. The largest absolute Gasteiger partial charge is 0.455 e. The Labute approximate surface area is 147 Å². The van der Waals surface area contributed by atoms with Gasteiger partial charge in [0.05, 0.1) is 6.10 Å². The molecular weight excluding hydrogens is 332 g/mol. The van der Waals surface area contributed by atoms with E-state index in [-0.39, 0.29) is 19.3 Å². The van der Waals surface area contributed by atoms with Crippen LogP contribution in [0.5, 0.6) is 0 Å². The first-order chi connectivity index (χ1) is 11.8. The van der Waals surface area contributed by atoms with Crippen molar-refractivity contribution in [3.63, 3.8) is 0 Å². The highest BCUT2D eigenvalue weighted by atomic mass is 16.7. The Hall–Kier alpha value is -1.67. The van der Waals surface area contributed by atoms with Crippen molar-refractivity contribution in [2.45, 2.75) is 90.5 Å². The Morgan fingerprint density at radius 1 is 0.840 bits per heavy atom. The molecule has 0 aliphatic carbocycles. The lowest BCUT2D eigenvalue weighted by Crippen LogP contribution is -2.60. The van der Waals surface area contributed by atoms with Crippen LogP contribution in [-0.4, -0.2) is 53.7 Å². The lowest BCUT2D eigenvalue weighted by Gasteiger charge is -2.42. The summed E-state index contributed by atoms with van der Waals surface area (Å²) in [5, 5.41) is 10.1. The molecule has 25 heavy (non-hydrogen) atoms. The highest BCUT2D eigenvalue weighted by Gasteiger charge is 2.50. The van der Waals surface area contributed by atoms with E-state index in [2.05, 4.69) is 0 Å². The van der Waals surface area contributed by atoms with Crippen LogP contribution in [0.1, 0.15) is 59.8 Å². The molecule has 1 heterocycles. The molecule has 0 aromatic heterocycles. The molecule has 0 aromatic carbocycles. The average Bonchev–Trinajstić information content (AvgIpc) is 2.54.